The Hall–Kier alpha value is -4.25. The number of phenols is 1. The number of nitriles is 1. The van der Waals surface area contributed by atoms with Gasteiger partial charge in [-0.15, -0.1) is 0 Å². The summed E-state index contributed by atoms with van der Waals surface area (Å²) in [6.45, 7) is 7.12. The van der Waals surface area contributed by atoms with Crippen LogP contribution < -0.4 is 35.3 Å². The van der Waals surface area contributed by atoms with Crippen molar-refractivity contribution in [3.63, 3.8) is 0 Å². The molecule has 0 saturated carbocycles. The topological polar surface area (TPSA) is 178 Å². The Morgan fingerprint density at radius 1 is 1.25 bits per heavy atom. The Labute approximate surface area is 255 Å². The van der Waals surface area contributed by atoms with Gasteiger partial charge >= 0.3 is 6.16 Å². The van der Waals surface area contributed by atoms with Crippen LogP contribution in [0.5, 0.6) is 28.7 Å². The normalized spacial score (nSPS) is 25.1. The van der Waals surface area contributed by atoms with Crippen molar-refractivity contribution in [2.45, 2.75) is 76.8 Å². The van der Waals surface area contributed by atoms with Crippen molar-refractivity contribution in [3.05, 3.63) is 39.4 Å². The van der Waals surface area contributed by atoms with E-state index in [9.17, 15) is 20.0 Å². The van der Waals surface area contributed by atoms with Crippen LogP contribution >= 0.6 is 0 Å². The molecule has 1 unspecified atom stereocenters. The van der Waals surface area contributed by atoms with Gasteiger partial charge in [0, 0.05) is 40.9 Å². The molecule has 13 nitrogen and oxygen atoms in total. The van der Waals surface area contributed by atoms with Crippen LogP contribution in [0.1, 0.15) is 59.3 Å². The number of nitrogens with one attached hydrogen (secondary N) is 2. The fraction of sp³-hybridized carbons (Fsp3) is 0.516. The third-order valence-electron chi connectivity index (χ3n) is 9.09. The van der Waals surface area contributed by atoms with Crippen LogP contribution in [-0.2, 0) is 22.4 Å². The molecule has 4 heterocycles. The molecule has 2 aromatic carbocycles. The van der Waals surface area contributed by atoms with Crippen LogP contribution in [0.3, 0.4) is 0 Å². The summed E-state index contributed by atoms with van der Waals surface area (Å²) in [6.07, 6.45) is -0.0458. The summed E-state index contributed by atoms with van der Waals surface area (Å²) < 4.78 is 28.4. The largest absolute Gasteiger partial charge is 0.513 e. The first-order chi connectivity index (χ1) is 21.1. The molecule has 1 fully saturated rings. The van der Waals surface area contributed by atoms with E-state index in [1.54, 1.807) is 20.8 Å². The molecule has 44 heavy (non-hydrogen) atoms. The fourth-order valence-electron chi connectivity index (χ4n) is 7.34. The number of aromatic hydroxyl groups is 1. The van der Waals surface area contributed by atoms with Gasteiger partial charge in [-0.1, -0.05) is 6.07 Å². The molecule has 4 aliphatic heterocycles. The molecule has 2 aromatic rings. The number of phenolic OH excluding ortho intramolecular Hbond substituents is 1. The number of amides is 1. The molecular formula is C31H37N5O8. The minimum Gasteiger partial charge on any atom is -0.504 e. The summed E-state index contributed by atoms with van der Waals surface area (Å²) in [7, 11) is 1.52. The highest BCUT2D eigenvalue weighted by molar-refractivity contribution is 5.81. The fourth-order valence-corrected chi connectivity index (χ4v) is 7.34. The second kappa shape index (κ2) is 11.4. The highest BCUT2D eigenvalue weighted by Crippen LogP contribution is 2.56. The Morgan fingerprint density at radius 2 is 2.00 bits per heavy atom. The summed E-state index contributed by atoms with van der Waals surface area (Å²) >= 11 is 0. The molecule has 5 N–H and O–H groups in total. The van der Waals surface area contributed by atoms with Gasteiger partial charge in [-0.3, -0.25) is 9.69 Å². The van der Waals surface area contributed by atoms with Crippen LogP contribution in [0.25, 0.3) is 0 Å². The lowest BCUT2D eigenvalue weighted by Crippen LogP contribution is -2.68. The van der Waals surface area contributed by atoms with E-state index in [2.05, 4.69) is 21.6 Å². The van der Waals surface area contributed by atoms with Crippen LogP contribution in [0.2, 0.25) is 0 Å². The number of hydrogen-bond acceptors (Lipinski definition) is 12. The number of benzene rings is 2. The van der Waals surface area contributed by atoms with E-state index in [-0.39, 0.29) is 43.4 Å². The quantitative estimate of drug-likeness (QED) is 0.278. The monoisotopic (exact) mass is 607 g/mol. The van der Waals surface area contributed by atoms with E-state index in [0.717, 1.165) is 11.1 Å². The second-order valence-corrected chi connectivity index (χ2v) is 11.6. The van der Waals surface area contributed by atoms with E-state index in [0.29, 0.717) is 52.3 Å². The Bertz CT molecular complexity index is 1570. The number of carbonyl (C=O) groups excluding carboxylic acids is 2. The Morgan fingerprint density at radius 3 is 2.68 bits per heavy atom. The molecule has 13 heteroatoms. The first-order valence-electron chi connectivity index (χ1n) is 14.8. The van der Waals surface area contributed by atoms with Gasteiger partial charge in [-0.05, 0) is 51.7 Å². The number of carbonyl (C=O) groups is 2. The average Bonchev–Trinajstić information content (AvgIpc) is 3.48. The molecule has 6 rings (SSSR count). The third kappa shape index (κ3) is 4.56. The average molecular weight is 608 g/mol. The van der Waals surface area contributed by atoms with Crippen molar-refractivity contribution < 1.29 is 38.4 Å². The molecule has 0 aliphatic carbocycles. The number of ether oxygens (including phenoxy) is 5. The number of fused-ring (bicyclic) bond motifs is 9. The molecule has 1 saturated heterocycles. The number of piperazine rings is 1. The number of aryl methyl sites for hydroxylation is 1. The first-order valence-corrected chi connectivity index (χ1v) is 14.8. The SMILES string of the molecule is CCOC(=O)Oc1c(C)c2c(c3c1CC1[C@H]4N[C@H](Cc5cc(C)c(OC)c(O)c54)[C@H](C#N)N1[C@H]3CNC(=O)[C@H](C)N)OCO2. The van der Waals surface area contributed by atoms with Gasteiger partial charge < -0.3 is 45.2 Å². The molecule has 0 spiro atoms. The highest BCUT2D eigenvalue weighted by atomic mass is 16.7. The predicted molar refractivity (Wildman–Crippen MR) is 156 cm³/mol. The first kappa shape index (κ1) is 29.8. The standard InChI is InChI=1S/C31H37N5O8/c1-6-41-31(39)44-27-14(3)28-29(43-12-42-28)23-17(27)9-19-24-22-16(7-13(2)26(40-5)25(22)37)8-18(35-24)20(10-32)36(19)21(23)11-34-30(38)15(4)33/h7,15,18-21,24,35,37H,6,8-9,11-12,33H2,1-5H3,(H,34,38)/t15-,18+,19?,20-,21-,24+/m0/s1. The molecular weight excluding hydrogens is 570 g/mol. The lowest BCUT2D eigenvalue weighted by Gasteiger charge is -2.56. The maximum absolute atomic E-state index is 12.8. The highest BCUT2D eigenvalue weighted by Gasteiger charge is 2.54. The zero-order chi connectivity index (χ0) is 31.4. The minimum atomic E-state index is -0.862. The molecule has 6 atom stereocenters. The maximum atomic E-state index is 12.8. The van der Waals surface area contributed by atoms with Gasteiger partial charge in [0.2, 0.25) is 12.7 Å². The third-order valence-corrected chi connectivity index (χ3v) is 9.09. The van der Waals surface area contributed by atoms with Gasteiger partial charge in [0.15, 0.2) is 23.0 Å². The van der Waals surface area contributed by atoms with Gasteiger partial charge in [-0.2, -0.15) is 5.26 Å². The zero-order valence-electron chi connectivity index (χ0n) is 25.4. The lowest BCUT2D eigenvalue weighted by molar-refractivity contribution is -0.122. The van der Waals surface area contributed by atoms with Crippen molar-refractivity contribution in [2.24, 2.45) is 5.73 Å². The van der Waals surface area contributed by atoms with Crippen LogP contribution in [-0.4, -0.2) is 73.3 Å². The smallest absolute Gasteiger partial charge is 0.504 e. The van der Waals surface area contributed by atoms with Crippen molar-refractivity contribution in [3.8, 4) is 34.8 Å². The second-order valence-electron chi connectivity index (χ2n) is 11.6. The number of rotatable bonds is 6. The Kier molecular flexibility index (Phi) is 7.69. The van der Waals surface area contributed by atoms with E-state index in [1.807, 2.05) is 13.0 Å². The van der Waals surface area contributed by atoms with Crippen LogP contribution in [0.15, 0.2) is 6.07 Å². The van der Waals surface area contributed by atoms with Gasteiger partial charge in [-0.25, -0.2) is 4.79 Å². The lowest BCUT2D eigenvalue weighted by atomic mass is 9.72. The summed E-state index contributed by atoms with van der Waals surface area (Å²) in [5.41, 5.74) is 10.2. The summed E-state index contributed by atoms with van der Waals surface area (Å²) in [5.74, 6) is 1.27. The molecule has 0 radical (unpaired) electrons. The number of hydrogen-bond donors (Lipinski definition) is 4. The van der Waals surface area contributed by atoms with E-state index in [1.165, 1.54) is 7.11 Å². The predicted octanol–water partition coefficient (Wildman–Crippen LogP) is 2.17. The molecule has 0 aromatic heterocycles. The van der Waals surface area contributed by atoms with Crippen molar-refractivity contribution >= 4 is 12.1 Å². The maximum Gasteiger partial charge on any atom is 0.513 e. The number of nitrogens with zero attached hydrogens (tertiary/aromatic N) is 2. The molecule has 234 valence electrons. The summed E-state index contributed by atoms with van der Waals surface area (Å²) in [5, 5.41) is 28.7. The van der Waals surface area contributed by atoms with E-state index in [4.69, 9.17) is 29.4 Å². The zero-order valence-corrected chi connectivity index (χ0v) is 25.4. The Balaban J connectivity index is 1.57. The molecule has 2 bridgehead atoms. The van der Waals surface area contributed by atoms with E-state index >= 15 is 0 Å². The van der Waals surface area contributed by atoms with Crippen LogP contribution in [0, 0.1) is 25.2 Å². The van der Waals surface area contributed by atoms with Crippen molar-refractivity contribution in [1.29, 1.82) is 5.26 Å². The van der Waals surface area contributed by atoms with Gasteiger partial charge in [0.05, 0.1) is 37.9 Å². The molecule has 1 amide bonds. The van der Waals surface area contributed by atoms with Crippen molar-refractivity contribution in [2.75, 3.05) is 27.1 Å². The van der Waals surface area contributed by atoms with Gasteiger partial charge in [0.25, 0.3) is 0 Å². The minimum absolute atomic E-state index is 0.0390. The van der Waals surface area contributed by atoms with Crippen molar-refractivity contribution in [1.82, 2.24) is 15.5 Å². The van der Waals surface area contributed by atoms with E-state index < -0.39 is 36.4 Å². The number of nitrogens with two attached hydrogens (primary N) is 1. The van der Waals surface area contributed by atoms with Crippen LogP contribution in [0.4, 0.5) is 4.79 Å². The number of methoxy groups -OCH3 is 1. The summed E-state index contributed by atoms with van der Waals surface area (Å²) in [4.78, 5) is 27.5. The molecule has 4 aliphatic rings. The van der Waals surface area contributed by atoms with Gasteiger partial charge in [0.1, 0.15) is 11.8 Å². The summed E-state index contributed by atoms with van der Waals surface area (Å²) in [6, 6.07) is 1.43.